The van der Waals surface area contributed by atoms with Crippen LogP contribution in [0.3, 0.4) is 0 Å². The van der Waals surface area contributed by atoms with E-state index in [1.807, 2.05) is 0 Å². The zero-order valence-electron chi connectivity index (χ0n) is 25.1. The molecule has 2 aromatic carbocycles. The summed E-state index contributed by atoms with van der Waals surface area (Å²) >= 11 is 11.9. The number of hydrogen-bond acceptors (Lipinski definition) is 11. The molecule has 17 heteroatoms. The van der Waals surface area contributed by atoms with E-state index in [1.54, 1.807) is 13.8 Å². The van der Waals surface area contributed by atoms with Crippen LogP contribution in [0.25, 0.3) is 0 Å². The number of allylic oxidation sites excluding steroid dienone is 2. The molecule has 2 aromatic rings. The molecule has 248 valence electrons. The lowest BCUT2D eigenvalue weighted by Crippen LogP contribution is -2.31. The third-order valence-corrected chi connectivity index (χ3v) is 6.51. The molecule has 0 heterocycles. The van der Waals surface area contributed by atoms with Gasteiger partial charge in [0.05, 0.1) is 35.6 Å². The van der Waals surface area contributed by atoms with Crippen LogP contribution in [-0.2, 0) is 28.5 Å². The van der Waals surface area contributed by atoms with Crippen LogP contribution in [0.5, 0.6) is 11.5 Å². The Bertz CT molecular complexity index is 1470. The first-order valence-electron chi connectivity index (χ1n) is 12.9. The summed E-state index contributed by atoms with van der Waals surface area (Å²) in [4.78, 5) is 61.3. The Hall–Kier alpha value is -4.89. The third-order valence-electron chi connectivity index (χ3n) is 5.92. The van der Waals surface area contributed by atoms with Gasteiger partial charge in [0.15, 0.2) is 11.5 Å². The van der Waals surface area contributed by atoms with Crippen molar-refractivity contribution in [2.45, 2.75) is 39.9 Å². The zero-order valence-corrected chi connectivity index (χ0v) is 26.6. The standard InChI is InChI=1S/C29H28Cl2F2N2O11/c1-7-13(3)23(25(36)41-5)45-27(38)34-19-11-21(15(30)9-17(19)32)43-29(40)44-22-12-20(18(33)10-16(22)31)35-28(39)46-24(14(4)8-2)26(37)42-6/h7-12,23-24H,1-6H3,(H,34,38)(H,35,39). The highest BCUT2D eigenvalue weighted by Crippen LogP contribution is 2.34. The van der Waals surface area contributed by atoms with E-state index in [4.69, 9.17) is 42.1 Å². The van der Waals surface area contributed by atoms with Gasteiger partial charge in [0, 0.05) is 12.1 Å². The number of hydrogen-bond donors (Lipinski definition) is 2. The van der Waals surface area contributed by atoms with Crippen LogP contribution in [-0.4, -0.2) is 56.7 Å². The number of carbonyl (C=O) groups is 5. The highest BCUT2D eigenvalue weighted by molar-refractivity contribution is 6.32. The highest BCUT2D eigenvalue weighted by atomic mass is 35.5. The maximum Gasteiger partial charge on any atom is 0.519 e. The van der Waals surface area contributed by atoms with Crippen LogP contribution < -0.4 is 20.1 Å². The maximum atomic E-state index is 14.6. The second-order valence-corrected chi connectivity index (χ2v) is 9.73. The topological polar surface area (TPSA) is 165 Å². The van der Waals surface area contributed by atoms with Gasteiger partial charge in [-0.2, -0.15) is 0 Å². The molecule has 0 spiro atoms. The number of rotatable bonds is 10. The molecule has 0 saturated carbocycles. The van der Waals surface area contributed by atoms with Gasteiger partial charge in [0.25, 0.3) is 0 Å². The van der Waals surface area contributed by atoms with Crippen LogP contribution in [0.1, 0.15) is 27.7 Å². The predicted octanol–water partition coefficient (Wildman–Crippen LogP) is 6.96. The van der Waals surface area contributed by atoms with Crippen LogP contribution in [0.2, 0.25) is 10.0 Å². The fraction of sp³-hybridized carbons (Fsp3) is 0.276. The Kier molecular flexibility index (Phi) is 13.8. The molecule has 0 saturated heterocycles. The van der Waals surface area contributed by atoms with Gasteiger partial charge in [0.1, 0.15) is 11.6 Å². The summed E-state index contributed by atoms with van der Waals surface area (Å²) in [6.07, 6.45) is -3.88. The molecule has 2 rings (SSSR count). The molecule has 13 nitrogen and oxygen atoms in total. The number of halogens is 4. The molecule has 2 N–H and O–H groups in total. The lowest BCUT2D eigenvalue weighted by atomic mass is 10.1. The van der Waals surface area contributed by atoms with Crippen LogP contribution in [0.15, 0.2) is 47.6 Å². The van der Waals surface area contributed by atoms with E-state index in [1.165, 1.54) is 26.0 Å². The van der Waals surface area contributed by atoms with Crippen molar-refractivity contribution in [1.82, 2.24) is 0 Å². The molecule has 0 radical (unpaired) electrons. The minimum atomic E-state index is -1.51. The second kappa shape index (κ2) is 17.0. The van der Waals surface area contributed by atoms with Gasteiger partial charge in [-0.05, 0) is 51.0 Å². The number of esters is 2. The van der Waals surface area contributed by atoms with E-state index >= 15 is 0 Å². The molecule has 2 unspecified atom stereocenters. The molecular weight excluding hydrogens is 661 g/mol. The summed E-state index contributed by atoms with van der Waals surface area (Å²) in [6.45, 7) is 6.18. The number of benzene rings is 2. The van der Waals surface area contributed by atoms with Crippen molar-refractivity contribution >= 4 is 64.9 Å². The average Bonchev–Trinajstić information content (AvgIpc) is 3.01. The largest absolute Gasteiger partial charge is 0.519 e. The fourth-order valence-electron chi connectivity index (χ4n) is 3.27. The van der Waals surface area contributed by atoms with E-state index in [0.717, 1.165) is 26.4 Å². The van der Waals surface area contributed by atoms with Crippen molar-refractivity contribution in [2.24, 2.45) is 0 Å². The van der Waals surface area contributed by atoms with Gasteiger partial charge in [0.2, 0.25) is 12.2 Å². The smallest absolute Gasteiger partial charge is 0.466 e. The summed E-state index contributed by atoms with van der Waals surface area (Å²) in [6, 6.07) is 3.03. The van der Waals surface area contributed by atoms with Gasteiger partial charge in [-0.25, -0.2) is 32.8 Å². The van der Waals surface area contributed by atoms with Gasteiger partial charge in [-0.3, -0.25) is 10.6 Å². The third kappa shape index (κ3) is 10.1. The number of anilines is 2. The molecule has 46 heavy (non-hydrogen) atoms. The van der Waals surface area contributed by atoms with E-state index in [-0.39, 0.29) is 0 Å². The lowest BCUT2D eigenvalue weighted by Gasteiger charge is -2.17. The average molecular weight is 689 g/mol. The fourth-order valence-corrected chi connectivity index (χ4v) is 3.65. The minimum Gasteiger partial charge on any atom is -0.466 e. The van der Waals surface area contributed by atoms with Crippen molar-refractivity contribution in [2.75, 3.05) is 24.9 Å². The zero-order chi connectivity index (χ0) is 34.7. The summed E-state index contributed by atoms with van der Waals surface area (Å²) in [5.41, 5.74) is -0.479. The number of ether oxygens (including phenoxy) is 6. The first kappa shape index (κ1) is 37.3. The van der Waals surface area contributed by atoms with Crippen molar-refractivity contribution in [3.05, 3.63) is 69.2 Å². The van der Waals surface area contributed by atoms with Crippen LogP contribution in [0, 0.1) is 11.6 Å². The number of carbonyl (C=O) groups excluding carboxylic acids is 5. The van der Waals surface area contributed by atoms with Crippen molar-refractivity contribution < 1.29 is 61.2 Å². The minimum absolute atomic E-state index is 0.328. The van der Waals surface area contributed by atoms with Crippen molar-refractivity contribution in [3.63, 3.8) is 0 Å². The predicted molar refractivity (Wildman–Crippen MR) is 160 cm³/mol. The van der Waals surface area contributed by atoms with Gasteiger partial charge < -0.3 is 28.4 Å². The Balaban J connectivity index is 2.21. The molecule has 0 bridgehead atoms. The Morgan fingerprint density at radius 3 is 1.35 bits per heavy atom. The van der Waals surface area contributed by atoms with E-state index in [2.05, 4.69) is 20.1 Å². The Labute approximate surface area is 271 Å². The maximum absolute atomic E-state index is 14.6. The van der Waals surface area contributed by atoms with Crippen LogP contribution in [0.4, 0.5) is 34.5 Å². The highest BCUT2D eigenvalue weighted by Gasteiger charge is 2.28. The SMILES string of the molecule is CC=C(C)C(OC(=O)Nc1cc(OC(=O)Oc2cc(NC(=O)OC(C(=O)OC)C(C)=CC)c(F)cc2Cl)c(Cl)cc1F)C(=O)OC. The Morgan fingerprint density at radius 2 is 1.04 bits per heavy atom. The normalized spacial score (nSPS) is 12.7. The molecule has 0 aliphatic carbocycles. The molecule has 2 atom stereocenters. The van der Waals surface area contributed by atoms with Crippen molar-refractivity contribution in [1.29, 1.82) is 0 Å². The van der Waals surface area contributed by atoms with Crippen LogP contribution >= 0.6 is 23.2 Å². The number of nitrogens with one attached hydrogen (secondary N) is 2. The monoisotopic (exact) mass is 688 g/mol. The van der Waals surface area contributed by atoms with Crippen molar-refractivity contribution in [3.8, 4) is 11.5 Å². The molecule has 2 amide bonds. The first-order valence-corrected chi connectivity index (χ1v) is 13.6. The van der Waals surface area contributed by atoms with E-state index < -0.39 is 87.0 Å². The summed E-state index contributed by atoms with van der Waals surface area (Å²) < 4.78 is 58.3. The molecular formula is C29H28Cl2F2N2O11. The molecule has 0 aliphatic rings. The van der Waals surface area contributed by atoms with Gasteiger partial charge in [-0.15, -0.1) is 0 Å². The molecule has 0 aliphatic heterocycles. The van der Waals surface area contributed by atoms with E-state index in [0.29, 0.717) is 23.3 Å². The first-order chi connectivity index (χ1) is 21.6. The number of amides is 2. The summed E-state index contributed by atoms with van der Waals surface area (Å²) in [5, 5.41) is 3.25. The lowest BCUT2D eigenvalue weighted by molar-refractivity contribution is -0.148. The van der Waals surface area contributed by atoms with Gasteiger partial charge >= 0.3 is 30.3 Å². The summed E-state index contributed by atoms with van der Waals surface area (Å²) in [7, 11) is 2.17. The van der Waals surface area contributed by atoms with E-state index in [9.17, 15) is 32.8 Å². The molecule has 0 aromatic heterocycles. The van der Waals surface area contributed by atoms with Gasteiger partial charge in [-0.1, -0.05) is 35.4 Å². The quantitative estimate of drug-likeness (QED) is 0.115. The number of methoxy groups -OCH3 is 2. The molecule has 0 fully saturated rings. The second-order valence-electron chi connectivity index (χ2n) is 8.91. The summed E-state index contributed by atoms with van der Waals surface area (Å²) in [5.74, 6) is -4.93. The Morgan fingerprint density at radius 1 is 0.696 bits per heavy atom.